The number of rotatable bonds is 8. The van der Waals surface area contributed by atoms with E-state index < -0.39 is 11.8 Å². The summed E-state index contributed by atoms with van der Waals surface area (Å²) in [5, 5.41) is 9.62. The van der Waals surface area contributed by atoms with E-state index in [1.165, 1.54) is 6.21 Å². The third-order valence-corrected chi connectivity index (χ3v) is 5.25. The van der Waals surface area contributed by atoms with Crippen LogP contribution in [0.1, 0.15) is 31.4 Å². The van der Waals surface area contributed by atoms with Gasteiger partial charge in [-0.1, -0.05) is 40.5 Å². The standard InChI is InChI=1S/C22H24BrClN4O4/c1-4-14(3)26-21(30)22(31)28-25-11-15-9-16(23)6-8-19(15)32-12-20(29)27-17-7-5-13(2)18(24)10-17/h5-11,14H,4,12H2,1-3H3,(H,26,30)(H,27,29)(H,28,31)/b25-11-/t14-/m1/s1. The first-order chi connectivity index (χ1) is 15.2. The Morgan fingerprint density at radius 1 is 1.19 bits per heavy atom. The first-order valence-electron chi connectivity index (χ1n) is 9.81. The van der Waals surface area contributed by atoms with Crippen molar-refractivity contribution in [1.82, 2.24) is 10.7 Å². The summed E-state index contributed by atoms with van der Waals surface area (Å²) in [6.45, 7) is 5.31. The molecule has 0 bridgehead atoms. The van der Waals surface area contributed by atoms with Crippen LogP contribution in [0.4, 0.5) is 5.69 Å². The van der Waals surface area contributed by atoms with Crippen LogP contribution in [-0.4, -0.2) is 36.6 Å². The van der Waals surface area contributed by atoms with Crippen LogP contribution in [0.5, 0.6) is 5.75 Å². The summed E-state index contributed by atoms with van der Waals surface area (Å²) in [4.78, 5) is 35.8. The topological polar surface area (TPSA) is 109 Å². The second-order valence-electron chi connectivity index (χ2n) is 6.96. The zero-order valence-electron chi connectivity index (χ0n) is 17.9. The average molecular weight is 524 g/mol. The van der Waals surface area contributed by atoms with Crippen LogP contribution in [-0.2, 0) is 14.4 Å². The Morgan fingerprint density at radius 3 is 2.62 bits per heavy atom. The molecular weight excluding hydrogens is 500 g/mol. The van der Waals surface area contributed by atoms with E-state index in [9.17, 15) is 14.4 Å². The van der Waals surface area contributed by atoms with Crippen LogP contribution in [0.2, 0.25) is 5.02 Å². The quantitative estimate of drug-likeness (QED) is 0.278. The molecule has 0 heterocycles. The number of nitrogens with zero attached hydrogens (tertiary/aromatic N) is 1. The van der Waals surface area contributed by atoms with Crippen molar-refractivity contribution in [2.45, 2.75) is 33.2 Å². The Morgan fingerprint density at radius 2 is 1.94 bits per heavy atom. The molecular formula is C22H24BrClN4O4. The lowest BCUT2D eigenvalue weighted by Crippen LogP contribution is -2.41. The number of hydrogen-bond acceptors (Lipinski definition) is 5. The van der Waals surface area contributed by atoms with Gasteiger partial charge >= 0.3 is 11.8 Å². The molecule has 0 aliphatic carbocycles. The number of carbonyl (C=O) groups excluding carboxylic acids is 3. The smallest absolute Gasteiger partial charge is 0.329 e. The maximum atomic E-state index is 12.2. The van der Waals surface area contributed by atoms with Crippen molar-refractivity contribution in [2.24, 2.45) is 5.10 Å². The average Bonchev–Trinajstić information content (AvgIpc) is 2.75. The molecule has 0 aliphatic rings. The van der Waals surface area contributed by atoms with E-state index in [0.717, 1.165) is 10.0 Å². The van der Waals surface area contributed by atoms with Gasteiger partial charge in [0.05, 0.1) is 6.21 Å². The number of amides is 3. The van der Waals surface area contributed by atoms with Gasteiger partial charge < -0.3 is 15.4 Å². The second kappa shape index (κ2) is 12.2. The Bertz CT molecular complexity index is 1030. The van der Waals surface area contributed by atoms with Crippen molar-refractivity contribution < 1.29 is 19.1 Å². The Kier molecular flexibility index (Phi) is 9.67. The Balaban J connectivity index is 1.97. The Labute approximate surface area is 199 Å². The summed E-state index contributed by atoms with van der Waals surface area (Å²) in [6.07, 6.45) is 2.03. The number of hydrazone groups is 1. The van der Waals surface area contributed by atoms with E-state index in [4.69, 9.17) is 16.3 Å². The fourth-order valence-electron chi connectivity index (χ4n) is 2.37. The molecule has 0 saturated carbocycles. The van der Waals surface area contributed by atoms with Gasteiger partial charge in [0.1, 0.15) is 5.75 Å². The zero-order valence-corrected chi connectivity index (χ0v) is 20.2. The molecule has 0 radical (unpaired) electrons. The fourth-order valence-corrected chi connectivity index (χ4v) is 2.92. The number of nitrogens with one attached hydrogen (secondary N) is 3. The van der Waals surface area contributed by atoms with E-state index in [0.29, 0.717) is 28.4 Å². The highest BCUT2D eigenvalue weighted by Crippen LogP contribution is 2.22. The summed E-state index contributed by atoms with van der Waals surface area (Å²) < 4.78 is 6.34. The molecule has 1 atom stereocenters. The second-order valence-corrected chi connectivity index (χ2v) is 8.29. The molecule has 0 aliphatic heterocycles. The molecule has 170 valence electrons. The van der Waals surface area contributed by atoms with Gasteiger partial charge in [0, 0.05) is 26.8 Å². The minimum atomic E-state index is -0.879. The third-order valence-electron chi connectivity index (χ3n) is 4.35. The largest absolute Gasteiger partial charge is 0.483 e. The maximum Gasteiger partial charge on any atom is 0.329 e. The predicted molar refractivity (Wildman–Crippen MR) is 128 cm³/mol. The van der Waals surface area contributed by atoms with Crippen LogP contribution < -0.4 is 20.8 Å². The lowest BCUT2D eigenvalue weighted by Gasteiger charge is -2.11. The van der Waals surface area contributed by atoms with Gasteiger partial charge in [0.2, 0.25) is 0 Å². The summed E-state index contributed by atoms with van der Waals surface area (Å²) in [6, 6.07) is 10.2. The molecule has 10 heteroatoms. The molecule has 0 saturated heterocycles. The van der Waals surface area contributed by atoms with Crippen molar-refractivity contribution in [3.05, 3.63) is 57.0 Å². The maximum absolute atomic E-state index is 12.2. The number of halogens is 2. The molecule has 0 spiro atoms. The number of benzene rings is 2. The highest BCUT2D eigenvalue weighted by atomic mass is 79.9. The van der Waals surface area contributed by atoms with Crippen LogP contribution in [0.3, 0.4) is 0 Å². The van der Waals surface area contributed by atoms with Crippen molar-refractivity contribution in [1.29, 1.82) is 0 Å². The van der Waals surface area contributed by atoms with Gasteiger partial charge in [-0.05, 0) is 56.2 Å². The molecule has 8 nitrogen and oxygen atoms in total. The molecule has 2 rings (SSSR count). The zero-order chi connectivity index (χ0) is 23.7. The molecule has 3 N–H and O–H groups in total. The molecule has 0 aromatic heterocycles. The summed E-state index contributed by atoms with van der Waals surface area (Å²) in [5.74, 6) is -1.65. The van der Waals surface area contributed by atoms with Crippen molar-refractivity contribution in [2.75, 3.05) is 11.9 Å². The monoisotopic (exact) mass is 522 g/mol. The number of carbonyl (C=O) groups is 3. The van der Waals surface area contributed by atoms with Gasteiger partial charge in [0.25, 0.3) is 5.91 Å². The van der Waals surface area contributed by atoms with E-state index in [2.05, 4.69) is 37.1 Å². The normalized spacial score (nSPS) is 11.7. The lowest BCUT2D eigenvalue weighted by molar-refractivity contribution is -0.139. The first-order valence-corrected chi connectivity index (χ1v) is 11.0. The molecule has 3 amide bonds. The number of aryl methyl sites for hydroxylation is 1. The summed E-state index contributed by atoms with van der Waals surface area (Å²) in [5.41, 5.74) is 4.13. The number of ether oxygens (including phenoxy) is 1. The third kappa shape index (κ3) is 7.97. The van der Waals surface area contributed by atoms with Crippen molar-refractivity contribution in [3.8, 4) is 5.75 Å². The van der Waals surface area contributed by atoms with E-state index in [-0.39, 0.29) is 18.6 Å². The van der Waals surface area contributed by atoms with Gasteiger partial charge in [0.15, 0.2) is 6.61 Å². The minimum Gasteiger partial charge on any atom is -0.483 e. The summed E-state index contributed by atoms with van der Waals surface area (Å²) in [7, 11) is 0. The van der Waals surface area contributed by atoms with Gasteiger partial charge in [-0.3, -0.25) is 14.4 Å². The van der Waals surface area contributed by atoms with E-state index in [1.807, 2.05) is 13.8 Å². The first kappa shape index (κ1) is 25.4. The SMILES string of the molecule is CC[C@@H](C)NC(=O)C(=O)N/N=C\c1cc(Br)ccc1OCC(=O)Nc1ccc(C)c(Cl)c1. The minimum absolute atomic E-state index is 0.121. The molecule has 0 unspecified atom stereocenters. The Hall–Kier alpha value is -2.91. The highest BCUT2D eigenvalue weighted by molar-refractivity contribution is 9.10. The molecule has 0 fully saturated rings. The van der Waals surface area contributed by atoms with Gasteiger partial charge in [-0.25, -0.2) is 5.43 Å². The van der Waals surface area contributed by atoms with E-state index in [1.54, 1.807) is 43.3 Å². The lowest BCUT2D eigenvalue weighted by atomic mass is 10.2. The predicted octanol–water partition coefficient (Wildman–Crippen LogP) is 3.79. The van der Waals surface area contributed by atoms with Crippen LogP contribution in [0, 0.1) is 6.92 Å². The number of hydrogen-bond donors (Lipinski definition) is 3. The molecule has 2 aromatic rings. The van der Waals surface area contributed by atoms with Crippen LogP contribution in [0.15, 0.2) is 46.0 Å². The van der Waals surface area contributed by atoms with Crippen molar-refractivity contribution in [3.63, 3.8) is 0 Å². The van der Waals surface area contributed by atoms with Crippen LogP contribution >= 0.6 is 27.5 Å². The molecule has 32 heavy (non-hydrogen) atoms. The molecule has 2 aromatic carbocycles. The highest BCUT2D eigenvalue weighted by Gasteiger charge is 2.14. The van der Waals surface area contributed by atoms with Gasteiger partial charge in [-0.15, -0.1) is 0 Å². The van der Waals surface area contributed by atoms with Crippen LogP contribution in [0.25, 0.3) is 0 Å². The van der Waals surface area contributed by atoms with Crippen molar-refractivity contribution >= 4 is 57.2 Å². The summed E-state index contributed by atoms with van der Waals surface area (Å²) >= 11 is 9.42. The van der Waals surface area contributed by atoms with E-state index >= 15 is 0 Å². The van der Waals surface area contributed by atoms with Gasteiger partial charge in [-0.2, -0.15) is 5.10 Å². The number of anilines is 1. The fraction of sp³-hybridized carbons (Fsp3) is 0.273.